The third kappa shape index (κ3) is 4.07. The molecule has 2 N–H and O–H groups in total. The van der Waals surface area contributed by atoms with Crippen molar-refractivity contribution in [2.45, 2.75) is 38.6 Å². The number of hydrogen-bond donors (Lipinski definition) is 1. The fourth-order valence-electron chi connectivity index (χ4n) is 3.73. The van der Waals surface area contributed by atoms with Crippen molar-refractivity contribution in [3.05, 3.63) is 71.3 Å². The zero-order valence-corrected chi connectivity index (χ0v) is 14.6. The average Bonchev–Trinajstić information content (AvgIpc) is 2.62. The molecule has 126 valence electrons. The summed E-state index contributed by atoms with van der Waals surface area (Å²) in [6.45, 7) is 4.44. The van der Waals surface area contributed by atoms with Crippen LogP contribution < -0.4 is 5.73 Å². The number of anilines is 1. The molecule has 0 fully saturated rings. The molecular formula is C22H28N2. The lowest BCUT2D eigenvalue weighted by molar-refractivity contribution is 0.199. The van der Waals surface area contributed by atoms with Crippen LogP contribution in [0.1, 0.15) is 36.5 Å². The topological polar surface area (TPSA) is 29.3 Å². The lowest BCUT2D eigenvalue weighted by Crippen LogP contribution is -2.40. The van der Waals surface area contributed by atoms with Crippen molar-refractivity contribution in [3.63, 3.8) is 0 Å². The van der Waals surface area contributed by atoms with Gasteiger partial charge in [-0.2, -0.15) is 0 Å². The van der Waals surface area contributed by atoms with E-state index in [9.17, 15) is 0 Å². The summed E-state index contributed by atoms with van der Waals surface area (Å²) in [5, 5.41) is 0. The number of benzene rings is 2. The van der Waals surface area contributed by atoms with Crippen LogP contribution in [0.2, 0.25) is 0 Å². The average molecular weight is 320 g/mol. The first-order chi connectivity index (χ1) is 11.8. The van der Waals surface area contributed by atoms with Gasteiger partial charge < -0.3 is 5.73 Å². The molecule has 0 saturated heterocycles. The van der Waals surface area contributed by atoms with Gasteiger partial charge in [0.15, 0.2) is 0 Å². The van der Waals surface area contributed by atoms with Gasteiger partial charge in [-0.15, -0.1) is 0 Å². The maximum atomic E-state index is 6.14. The molecule has 0 saturated carbocycles. The third-order valence-electron chi connectivity index (χ3n) is 4.97. The van der Waals surface area contributed by atoms with E-state index in [2.05, 4.69) is 66.4 Å². The first-order valence-corrected chi connectivity index (χ1v) is 9.09. The predicted molar refractivity (Wildman–Crippen MR) is 104 cm³/mol. The highest BCUT2D eigenvalue weighted by Crippen LogP contribution is 2.28. The van der Waals surface area contributed by atoms with Gasteiger partial charge in [0.05, 0.1) is 0 Å². The van der Waals surface area contributed by atoms with E-state index in [1.165, 1.54) is 29.5 Å². The fourth-order valence-corrected chi connectivity index (χ4v) is 3.73. The van der Waals surface area contributed by atoms with Crippen molar-refractivity contribution in [1.29, 1.82) is 0 Å². The molecule has 0 heterocycles. The molecule has 2 aromatic rings. The molecule has 1 aliphatic rings. The van der Waals surface area contributed by atoms with Gasteiger partial charge in [-0.1, -0.05) is 61.5 Å². The molecule has 0 spiro atoms. The Bertz CT molecular complexity index is 676. The van der Waals surface area contributed by atoms with Gasteiger partial charge in [-0.25, -0.2) is 0 Å². The Kier molecular flexibility index (Phi) is 5.71. The standard InChI is InChI=1S/C22H28N2/c1-2-15-24(16-7-10-18-8-4-3-5-9-18)20-13-14-21-19(17-20)11-6-12-22(21)23/h3-12,20H,2,13-17,23H2,1H3/b10-7-. The fraction of sp³-hybridized carbons (Fsp3) is 0.364. The van der Waals surface area contributed by atoms with Gasteiger partial charge in [0.1, 0.15) is 0 Å². The quantitative estimate of drug-likeness (QED) is 0.791. The first kappa shape index (κ1) is 16.8. The van der Waals surface area contributed by atoms with E-state index in [1.807, 2.05) is 6.07 Å². The Morgan fingerprint density at radius 1 is 1.12 bits per heavy atom. The normalized spacial score (nSPS) is 17.3. The molecule has 0 amide bonds. The molecule has 2 aromatic carbocycles. The largest absolute Gasteiger partial charge is 0.398 e. The van der Waals surface area contributed by atoms with Gasteiger partial charge in [-0.3, -0.25) is 4.90 Å². The van der Waals surface area contributed by atoms with Gasteiger partial charge in [0.2, 0.25) is 0 Å². The van der Waals surface area contributed by atoms with E-state index >= 15 is 0 Å². The lowest BCUT2D eigenvalue weighted by atomic mass is 9.86. The molecule has 0 radical (unpaired) electrons. The molecule has 0 bridgehead atoms. The second kappa shape index (κ2) is 8.16. The third-order valence-corrected chi connectivity index (χ3v) is 4.97. The molecule has 2 nitrogen and oxygen atoms in total. The highest BCUT2D eigenvalue weighted by molar-refractivity contribution is 5.52. The monoisotopic (exact) mass is 320 g/mol. The minimum absolute atomic E-state index is 0.625. The summed E-state index contributed by atoms with van der Waals surface area (Å²) in [5.41, 5.74) is 11.2. The van der Waals surface area contributed by atoms with Crippen molar-refractivity contribution in [1.82, 2.24) is 4.90 Å². The second-order valence-corrected chi connectivity index (χ2v) is 6.69. The van der Waals surface area contributed by atoms with Crippen LogP contribution in [0.25, 0.3) is 6.08 Å². The van der Waals surface area contributed by atoms with E-state index in [0.29, 0.717) is 6.04 Å². The molecule has 0 aliphatic heterocycles. The summed E-state index contributed by atoms with van der Waals surface area (Å²) in [7, 11) is 0. The highest BCUT2D eigenvalue weighted by atomic mass is 15.1. The maximum Gasteiger partial charge on any atom is 0.0349 e. The van der Waals surface area contributed by atoms with Crippen molar-refractivity contribution >= 4 is 11.8 Å². The van der Waals surface area contributed by atoms with Crippen LogP contribution in [0.4, 0.5) is 5.69 Å². The summed E-state index contributed by atoms with van der Waals surface area (Å²) in [6.07, 6.45) is 9.17. The predicted octanol–water partition coefficient (Wildman–Crippen LogP) is 4.55. The number of fused-ring (bicyclic) bond motifs is 1. The number of nitrogens with two attached hydrogens (primary N) is 1. The van der Waals surface area contributed by atoms with Crippen molar-refractivity contribution in [2.24, 2.45) is 0 Å². The smallest absolute Gasteiger partial charge is 0.0349 e. The van der Waals surface area contributed by atoms with Crippen molar-refractivity contribution < 1.29 is 0 Å². The van der Waals surface area contributed by atoms with E-state index in [4.69, 9.17) is 5.73 Å². The van der Waals surface area contributed by atoms with Crippen LogP contribution in [0.15, 0.2) is 54.6 Å². The van der Waals surface area contributed by atoms with Gasteiger partial charge in [0, 0.05) is 18.3 Å². The minimum atomic E-state index is 0.625. The molecule has 1 unspecified atom stereocenters. The zero-order valence-electron chi connectivity index (χ0n) is 14.6. The Labute approximate surface area is 146 Å². The molecule has 24 heavy (non-hydrogen) atoms. The van der Waals surface area contributed by atoms with E-state index in [-0.39, 0.29) is 0 Å². The van der Waals surface area contributed by atoms with Crippen LogP contribution in [-0.4, -0.2) is 24.0 Å². The second-order valence-electron chi connectivity index (χ2n) is 6.69. The summed E-state index contributed by atoms with van der Waals surface area (Å²) in [4.78, 5) is 2.63. The number of nitrogens with zero attached hydrogens (tertiary/aromatic N) is 1. The molecule has 3 rings (SSSR count). The molecule has 2 heteroatoms. The van der Waals surface area contributed by atoms with Crippen molar-refractivity contribution in [2.75, 3.05) is 18.8 Å². The van der Waals surface area contributed by atoms with Crippen molar-refractivity contribution in [3.8, 4) is 0 Å². The van der Waals surface area contributed by atoms with E-state index in [0.717, 1.165) is 31.6 Å². The van der Waals surface area contributed by atoms with E-state index in [1.54, 1.807) is 0 Å². The highest BCUT2D eigenvalue weighted by Gasteiger charge is 2.24. The van der Waals surface area contributed by atoms with Crippen LogP contribution in [0, 0.1) is 0 Å². The van der Waals surface area contributed by atoms with E-state index < -0.39 is 0 Å². The Hall–Kier alpha value is -2.06. The van der Waals surface area contributed by atoms with Crippen LogP contribution in [0.3, 0.4) is 0 Å². The summed E-state index contributed by atoms with van der Waals surface area (Å²) in [6, 6.07) is 17.5. The summed E-state index contributed by atoms with van der Waals surface area (Å²) >= 11 is 0. The lowest BCUT2D eigenvalue weighted by Gasteiger charge is -2.35. The molecule has 1 aliphatic carbocycles. The molecule has 1 atom stereocenters. The van der Waals surface area contributed by atoms with Gasteiger partial charge in [-0.05, 0) is 55.0 Å². The number of rotatable bonds is 6. The number of hydrogen-bond acceptors (Lipinski definition) is 2. The first-order valence-electron chi connectivity index (χ1n) is 9.09. The SMILES string of the molecule is CCCN(C/C=C\c1ccccc1)C1CCc2c(N)cccc2C1. The maximum absolute atomic E-state index is 6.14. The Morgan fingerprint density at radius 2 is 1.96 bits per heavy atom. The van der Waals surface area contributed by atoms with Crippen LogP contribution in [0.5, 0.6) is 0 Å². The molecular weight excluding hydrogens is 292 g/mol. The van der Waals surface area contributed by atoms with Crippen LogP contribution in [-0.2, 0) is 12.8 Å². The molecule has 0 aromatic heterocycles. The van der Waals surface area contributed by atoms with Gasteiger partial charge >= 0.3 is 0 Å². The van der Waals surface area contributed by atoms with Crippen LogP contribution >= 0.6 is 0 Å². The Balaban J connectivity index is 1.66. The van der Waals surface area contributed by atoms with Gasteiger partial charge in [0.25, 0.3) is 0 Å². The number of nitrogen functional groups attached to an aromatic ring is 1. The Morgan fingerprint density at radius 3 is 2.75 bits per heavy atom. The minimum Gasteiger partial charge on any atom is -0.398 e. The summed E-state index contributed by atoms with van der Waals surface area (Å²) < 4.78 is 0. The zero-order chi connectivity index (χ0) is 16.8. The summed E-state index contributed by atoms with van der Waals surface area (Å²) in [5.74, 6) is 0.